The zero-order valence-electron chi connectivity index (χ0n) is 16.0. The van der Waals surface area contributed by atoms with Crippen molar-refractivity contribution >= 4 is 33.8 Å². The minimum absolute atomic E-state index is 0.0148. The number of thiophene rings is 1. The van der Waals surface area contributed by atoms with Crippen LogP contribution in [0.2, 0.25) is 0 Å². The molecule has 0 fully saturated rings. The lowest BCUT2D eigenvalue weighted by Gasteiger charge is -2.14. The summed E-state index contributed by atoms with van der Waals surface area (Å²) in [5.41, 5.74) is 6.97. The number of nitrogen functional groups attached to an aromatic ring is 1. The molecule has 8 heteroatoms. The molecule has 30 heavy (non-hydrogen) atoms. The van der Waals surface area contributed by atoms with Gasteiger partial charge in [0.2, 0.25) is 0 Å². The number of nitrogens with two attached hydrogens (primary N) is 1. The van der Waals surface area contributed by atoms with Crippen molar-refractivity contribution in [1.82, 2.24) is 9.78 Å². The minimum atomic E-state index is -0.673. The Balaban J connectivity index is 2.16. The highest BCUT2D eigenvalue weighted by Gasteiger charge is 2.24. The first-order valence-electron chi connectivity index (χ1n) is 9.12. The molecule has 0 aliphatic rings. The van der Waals surface area contributed by atoms with Crippen molar-refractivity contribution in [1.29, 1.82) is 5.26 Å². The molecular weight excluding hydrogens is 400 g/mol. The Kier molecular flexibility index (Phi) is 5.04. The van der Waals surface area contributed by atoms with Crippen LogP contribution < -0.4 is 11.3 Å². The van der Waals surface area contributed by atoms with Crippen molar-refractivity contribution in [2.45, 2.75) is 6.92 Å². The SMILES string of the molecule is CCOC(=O)c1nn(-c2ccccc2)c(=O)c2c(N)c(C#N)c(-c3cccs3)cc12. The number of rotatable bonds is 4. The third-order valence-corrected chi connectivity index (χ3v) is 5.50. The highest BCUT2D eigenvalue weighted by molar-refractivity contribution is 7.13. The number of anilines is 1. The van der Waals surface area contributed by atoms with Crippen LogP contribution in [0.15, 0.2) is 58.7 Å². The first-order chi connectivity index (χ1) is 14.6. The lowest BCUT2D eigenvalue weighted by atomic mass is 9.98. The standard InChI is InChI=1S/C22H16N4O3S/c1-2-29-22(28)20-15-11-14(17-9-6-10-30-17)16(12-23)19(24)18(15)21(27)26(25-20)13-7-4-3-5-8-13/h3-11H,2,24H2,1H3. The number of aromatic nitrogens is 2. The summed E-state index contributed by atoms with van der Waals surface area (Å²) in [7, 11) is 0. The fraction of sp³-hybridized carbons (Fsp3) is 0.0909. The second kappa shape index (κ2) is 7.81. The van der Waals surface area contributed by atoms with E-state index < -0.39 is 11.5 Å². The lowest BCUT2D eigenvalue weighted by molar-refractivity contribution is 0.0520. The third-order valence-electron chi connectivity index (χ3n) is 4.60. The number of carbonyl (C=O) groups excluding carboxylic acids is 1. The molecule has 0 unspecified atom stereocenters. The lowest BCUT2D eigenvalue weighted by Crippen LogP contribution is -2.26. The molecule has 0 amide bonds. The summed E-state index contributed by atoms with van der Waals surface area (Å²) in [5, 5.41) is 16.2. The second-order valence-electron chi connectivity index (χ2n) is 6.35. The molecule has 0 radical (unpaired) electrons. The van der Waals surface area contributed by atoms with Gasteiger partial charge < -0.3 is 10.5 Å². The number of hydrogen-bond donors (Lipinski definition) is 1. The fourth-order valence-electron chi connectivity index (χ4n) is 3.27. The van der Waals surface area contributed by atoms with Crippen molar-refractivity contribution in [3.05, 3.63) is 75.5 Å². The van der Waals surface area contributed by atoms with E-state index in [0.717, 1.165) is 9.56 Å². The topological polar surface area (TPSA) is 111 Å². The van der Waals surface area contributed by atoms with Crippen LogP contribution in [0.4, 0.5) is 5.69 Å². The van der Waals surface area contributed by atoms with Crippen molar-refractivity contribution in [3.8, 4) is 22.2 Å². The van der Waals surface area contributed by atoms with Crippen LogP contribution in [0.1, 0.15) is 23.0 Å². The van der Waals surface area contributed by atoms with Crippen molar-refractivity contribution < 1.29 is 9.53 Å². The maximum absolute atomic E-state index is 13.3. The van der Waals surface area contributed by atoms with Crippen LogP contribution in [-0.2, 0) is 4.74 Å². The fourth-order valence-corrected chi connectivity index (χ4v) is 4.02. The number of ether oxygens (including phenoxy) is 1. The quantitative estimate of drug-likeness (QED) is 0.401. The van der Waals surface area contributed by atoms with Crippen molar-refractivity contribution in [2.24, 2.45) is 0 Å². The summed E-state index contributed by atoms with van der Waals surface area (Å²) in [6.45, 7) is 1.84. The van der Waals surface area contributed by atoms with Gasteiger partial charge in [-0.2, -0.15) is 15.0 Å². The normalized spacial score (nSPS) is 10.7. The van der Waals surface area contributed by atoms with Crippen LogP contribution in [0, 0.1) is 11.3 Å². The van der Waals surface area contributed by atoms with Gasteiger partial charge in [-0.3, -0.25) is 4.79 Å². The second-order valence-corrected chi connectivity index (χ2v) is 7.29. The van der Waals surface area contributed by atoms with Crippen LogP contribution in [0.3, 0.4) is 0 Å². The molecule has 4 aromatic rings. The number of carbonyl (C=O) groups is 1. The van der Waals surface area contributed by atoms with Crippen LogP contribution in [0.5, 0.6) is 0 Å². The molecule has 0 aliphatic heterocycles. The molecule has 0 saturated heterocycles. The van der Waals surface area contributed by atoms with Gasteiger partial charge in [-0.25, -0.2) is 4.79 Å². The predicted molar refractivity (Wildman–Crippen MR) is 116 cm³/mol. The Bertz CT molecular complexity index is 1350. The number of esters is 1. The minimum Gasteiger partial charge on any atom is -0.461 e. The summed E-state index contributed by atoms with van der Waals surface area (Å²) in [5.74, 6) is -0.673. The Morgan fingerprint density at radius 2 is 2.03 bits per heavy atom. The maximum Gasteiger partial charge on any atom is 0.359 e. The average Bonchev–Trinajstić information content (AvgIpc) is 3.29. The highest BCUT2D eigenvalue weighted by atomic mass is 32.1. The molecule has 2 aromatic carbocycles. The molecular formula is C22H16N4O3S. The van der Waals surface area contributed by atoms with Crippen LogP contribution >= 0.6 is 11.3 Å². The van der Waals surface area contributed by atoms with Gasteiger partial charge in [0.15, 0.2) is 5.69 Å². The molecule has 2 N–H and O–H groups in total. The molecule has 0 atom stereocenters. The Labute approximate surface area is 175 Å². The van der Waals surface area contributed by atoms with Crippen molar-refractivity contribution in [2.75, 3.05) is 12.3 Å². The zero-order valence-corrected chi connectivity index (χ0v) is 16.8. The van der Waals surface area contributed by atoms with E-state index in [2.05, 4.69) is 11.2 Å². The first-order valence-corrected chi connectivity index (χ1v) is 10.0. The number of nitriles is 1. The largest absolute Gasteiger partial charge is 0.461 e. The number of hydrogen-bond acceptors (Lipinski definition) is 7. The van der Waals surface area contributed by atoms with Gasteiger partial charge in [-0.15, -0.1) is 11.3 Å². The molecule has 4 rings (SSSR count). The molecule has 0 spiro atoms. The van der Waals surface area contributed by atoms with Gasteiger partial charge >= 0.3 is 5.97 Å². The average molecular weight is 416 g/mol. The van der Waals surface area contributed by atoms with Gasteiger partial charge in [0.05, 0.1) is 28.9 Å². The monoisotopic (exact) mass is 416 g/mol. The van der Waals surface area contributed by atoms with E-state index in [4.69, 9.17) is 10.5 Å². The zero-order chi connectivity index (χ0) is 21.3. The number of nitrogens with zero attached hydrogens (tertiary/aromatic N) is 3. The van der Waals surface area contributed by atoms with E-state index in [1.807, 2.05) is 17.5 Å². The molecule has 2 heterocycles. The molecule has 2 aromatic heterocycles. The van der Waals surface area contributed by atoms with Gasteiger partial charge in [0, 0.05) is 15.8 Å². The van der Waals surface area contributed by atoms with Gasteiger partial charge in [-0.05, 0) is 36.6 Å². The molecule has 7 nitrogen and oxygen atoms in total. The number of benzene rings is 2. The molecule has 148 valence electrons. The smallest absolute Gasteiger partial charge is 0.359 e. The Morgan fingerprint density at radius 3 is 2.67 bits per heavy atom. The van der Waals surface area contributed by atoms with Crippen molar-refractivity contribution in [3.63, 3.8) is 0 Å². The van der Waals surface area contributed by atoms with Gasteiger partial charge in [0.1, 0.15) is 6.07 Å². The van der Waals surface area contributed by atoms with Gasteiger partial charge in [-0.1, -0.05) is 24.3 Å². The summed E-state index contributed by atoms with van der Waals surface area (Å²) >= 11 is 1.42. The summed E-state index contributed by atoms with van der Waals surface area (Å²) in [6, 6.07) is 16.1. The van der Waals surface area contributed by atoms with Crippen LogP contribution in [0.25, 0.3) is 26.9 Å². The molecule has 0 saturated carbocycles. The van der Waals surface area contributed by atoms with E-state index in [0.29, 0.717) is 11.3 Å². The Morgan fingerprint density at radius 1 is 1.27 bits per heavy atom. The number of fused-ring (bicyclic) bond motifs is 1. The van der Waals surface area contributed by atoms with E-state index in [-0.39, 0.29) is 34.3 Å². The van der Waals surface area contributed by atoms with Crippen LogP contribution in [-0.4, -0.2) is 22.4 Å². The van der Waals surface area contributed by atoms with E-state index in [1.165, 1.54) is 11.3 Å². The summed E-state index contributed by atoms with van der Waals surface area (Å²) < 4.78 is 6.28. The number of para-hydroxylation sites is 1. The van der Waals surface area contributed by atoms with Gasteiger partial charge in [0.25, 0.3) is 5.56 Å². The molecule has 0 bridgehead atoms. The van der Waals surface area contributed by atoms with E-state index in [1.54, 1.807) is 43.3 Å². The predicted octanol–water partition coefficient (Wildman–Crippen LogP) is 3.74. The summed E-state index contributed by atoms with van der Waals surface area (Å²) in [6.07, 6.45) is 0. The maximum atomic E-state index is 13.3. The molecule has 0 aliphatic carbocycles. The Hall–Kier alpha value is -3.96. The van der Waals surface area contributed by atoms with E-state index in [9.17, 15) is 14.9 Å². The highest BCUT2D eigenvalue weighted by Crippen LogP contribution is 2.36. The first kappa shape index (κ1) is 19.4. The summed E-state index contributed by atoms with van der Waals surface area (Å²) in [4.78, 5) is 26.8. The third kappa shape index (κ3) is 3.11. The van der Waals surface area contributed by atoms with E-state index >= 15 is 0 Å².